The molecule has 12 N–H and O–H groups in total. The van der Waals surface area contributed by atoms with Crippen LogP contribution >= 0.6 is 0 Å². The van der Waals surface area contributed by atoms with Gasteiger partial charge in [-0.1, -0.05) is 98.9 Å². The van der Waals surface area contributed by atoms with Gasteiger partial charge in [0.1, 0.15) is 12.2 Å². The van der Waals surface area contributed by atoms with Crippen LogP contribution in [0.3, 0.4) is 0 Å². The highest BCUT2D eigenvalue weighted by atomic mass is 16.7. The van der Waals surface area contributed by atoms with Crippen molar-refractivity contribution in [3.05, 3.63) is 85.1 Å². The minimum atomic E-state index is -2.26. The summed E-state index contributed by atoms with van der Waals surface area (Å²) in [5.41, 5.74) is 6.16. The van der Waals surface area contributed by atoms with Crippen molar-refractivity contribution in [2.45, 2.75) is 183 Å². The molecule has 4 fully saturated rings. The van der Waals surface area contributed by atoms with E-state index in [1.54, 1.807) is 68.2 Å². The smallest absolute Gasteiger partial charge is 0.308 e. The summed E-state index contributed by atoms with van der Waals surface area (Å²) in [5.74, 6) is -5.36. The predicted molar refractivity (Wildman–Crippen MR) is 272 cm³/mol. The highest BCUT2D eigenvalue weighted by Crippen LogP contribution is 2.39. The lowest BCUT2D eigenvalue weighted by atomic mass is 9.81. The third kappa shape index (κ3) is 18.6. The van der Waals surface area contributed by atoms with E-state index in [0.717, 1.165) is 0 Å². The molecule has 20 nitrogen and oxygen atoms in total. The van der Waals surface area contributed by atoms with E-state index in [9.17, 15) is 60.7 Å². The Morgan fingerprint density at radius 3 is 1.85 bits per heavy atom. The summed E-state index contributed by atoms with van der Waals surface area (Å²) in [4.78, 5) is 31.1. The number of rotatable bonds is 4. The molecular formula is C54H85N3O17. The van der Waals surface area contributed by atoms with Crippen molar-refractivity contribution in [2.75, 3.05) is 39.4 Å². The second-order valence-electron chi connectivity index (χ2n) is 20.8. The Morgan fingerprint density at radius 1 is 0.662 bits per heavy atom. The second kappa shape index (κ2) is 29.8. The summed E-state index contributed by atoms with van der Waals surface area (Å²) >= 11 is 0. The standard InChI is InChI=1S/C54H85N3O17/c1-33-17-15-13-11-9-7-5-6-8-10-12-14-16-18-41(73-53-51(67)48(55)50(66)36(4)72-53)28-45-47(52(68)57-23-21-56(22-24-57)37-31-70-32-37)44(63)30-54(69,74-45)29-40(60)26-43(62)42(61)20-19-38(58)25-39(59)27-46(64)71-35(3)34(2)49(33)65/h5-18,33-45,47-51,53,58-63,65-67,69H,19-32,55H2,1-4H3/b6-5+,9-7+,10-8+,13-11+,14-12+,17-15+,18-16+/t33-,34-,35-,36+,38+,39+,40-,41-,42+,43+,44-,45-,47+,48-,49+,50+,51-,53-,54+/m0/s1. The molecule has 418 valence electrons. The fourth-order valence-corrected chi connectivity index (χ4v) is 9.92. The molecule has 0 aliphatic carbocycles. The molecule has 4 saturated heterocycles. The molecule has 5 rings (SSSR count). The molecule has 0 aromatic rings. The van der Waals surface area contributed by atoms with E-state index in [1.165, 1.54) is 0 Å². The van der Waals surface area contributed by atoms with Gasteiger partial charge in [0.25, 0.3) is 0 Å². The van der Waals surface area contributed by atoms with Gasteiger partial charge in [0.15, 0.2) is 12.1 Å². The molecule has 1 amide bonds. The number of nitrogens with two attached hydrogens (primary N) is 1. The van der Waals surface area contributed by atoms with Gasteiger partial charge >= 0.3 is 5.97 Å². The van der Waals surface area contributed by atoms with Gasteiger partial charge in [-0.2, -0.15) is 0 Å². The fraction of sp³-hybridized carbons (Fsp3) is 0.704. The molecule has 0 spiro atoms. The van der Waals surface area contributed by atoms with Crippen LogP contribution in [0.5, 0.6) is 0 Å². The van der Waals surface area contributed by atoms with Gasteiger partial charge in [0.05, 0.1) is 105 Å². The Morgan fingerprint density at radius 2 is 1.26 bits per heavy atom. The Bertz CT molecular complexity index is 1940. The lowest BCUT2D eigenvalue weighted by molar-refractivity contribution is -0.308. The van der Waals surface area contributed by atoms with Gasteiger partial charge in [-0.3, -0.25) is 14.5 Å². The van der Waals surface area contributed by atoms with Gasteiger partial charge in [0.2, 0.25) is 5.91 Å². The minimum absolute atomic E-state index is 0.0904. The van der Waals surface area contributed by atoms with Gasteiger partial charge in [-0.15, -0.1) is 0 Å². The molecule has 0 radical (unpaired) electrons. The zero-order valence-electron chi connectivity index (χ0n) is 43.3. The maximum atomic E-state index is 14.5. The number of hydrogen-bond acceptors (Lipinski definition) is 19. The van der Waals surface area contributed by atoms with Crippen LogP contribution in [-0.4, -0.2) is 216 Å². The van der Waals surface area contributed by atoms with Crippen LogP contribution in [0.15, 0.2) is 85.1 Å². The average Bonchev–Trinajstić information content (AvgIpc) is 3.32. The molecule has 5 aliphatic rings. The zero-order chi connectivity index (χ0) is 54.1. The molecule has 0 saturated carbocycles. The number of allylic oxidation sites excluding steroid dienone is 12. The number of carbonyl (C=O) groups excluding carboxylic acids is 2. The molecular weight excluding hydrogens is 963 g/mol. The van der Waals surface area contributed by atoms with Crippen LogP contribution < -0.4 is 5.73 Å². The number of aliphatic hydroxyl groups is 10. The third-order valence-corrected chi connectivity index (χ3v) is 14.8. The molecule has 0 unspecified atom stereocenters. The summed E-state index contributed by atoms with van der Waals surface area (Å²) in [6.07, 6.45) is 5.14. The maximum Gasteiger partial charge on any atom is 0.308 e. The molecule has 5 heterocycles. The van der Waals surface area contributed by atoms with Gasteiger partial charge in [0, 0.05) is 63.7 Å². The number of ether oxygens (including phenoxy) is 5. The van der Waals surface area contributed by atoms with Crippen molar-refractivity contribution in [3.63, 3.8) is 0 Å². The van der Waals surface area contributed by atoms with Crippen LogP contribution in [-0.2, 0) is 33.3 Å². The van der Waals surface area contributed by atoms with Crippen molar-refractivity contribution in [1.82, 2.24) is 9.80 Å². The number of carbonyl (C=O) groups is 2. The van der Waals surface area contributed by atoms with Crippen LogP contribution in [0.4, 0.5) is 0 Å². The highest BCUT2D eigenvalue weighted by Gasteiger charge is 2.52. The SMILES string of the molecule is C[C@@H]1[C@H](O)[C@@H](C)/C=C/C=C/C=C/C=C/C=C/C=C/C=C/[C@H](O[C@@H]2O[C@H](C)[C@@H](O)[C@H](N)[C@@H]2O)C[C@@H]2O[C@](O)(C[C@@H](O)C[C@@H](O)[C@H](O)CC[C@@H](O)C[C@@H](O)CC(=O)O[C@H]1C)C[C@H](O)[C@H]2C(=O)N1CCN(C2COC2)CC1. The first-order chi connectivity index (χ1) is 35.2. The van der Waals surface area contributed by atoms with Crippen molar-refractivity contribution in [3.8, 4) is 0 Å². The van der Waals surface area contributed by atoms with E-state index in [0.29, 0.717) is 39.4 Å². The number of amides is 1. The highest BCUT2D eigenvalue weighted by molar-refractivity contribution is 5.80. The summed E-state index contributed by atoms with van der Waals surface area (Å²) in [6.45, 7) is 9.95. The Balaban J connectivity index is 1.38. The van der Waals surface area contributed by atoms with Crippen molar-refractivity contribution < 1.29 is 84.3 Å². The lowest BCUT2D eigenvalue weighted by Gasteiger charge is -2.48. The molecule has 0 aromatic heterocycles. The number of piperazine rings is 1. The monoisotopic (exact) mass is 1050 g/mol. The summed E-state index contributed by atoms with van der Waals surface area (Å²) in [5, 5.41) is 111. The Kier molecular flexibility index (Phi) is 24.7. The average molecular weight is 1050 g/mol. The van der Waals surface area contributed by atoms with Gasteiger partial charge in [-0.05, 0) is 33.1 Å². The summed E-state index contributed by atoms with van der Waals surface area (Å²) < 4.78 is 29.4. The number of cyclic esters (lactones) is 1. The van der Waals surface area contributed by atoms with Crippen molar-refractivity contribution in [2.24, 2.45) is 23.5 Å². The molecule has 2 bridgehead atoms. The van der Waals surface area contributed by atoms with E-state index in [1.807, 2.05) is 49.5 Å². The first kappa shape index (κ1) is 61.3. The molecule has 74 heavy (non-hydrogen) atoms. The minimum Gasteiger partial charge on any atom is -0.462 e. The summed E-state index contributed by atoms with van der Waals surface area (Å²) in [7, 11) is 0. The number of fused-ring (bicyclic) bond motifs is 2. The van der Waals surface area contributed by atoms with Gasteiger partial charge in [-0.25, -0.2) is 0 Å². The molecule has 0 aromatic carbocycles. The van der Waals surface area contributed by atoms with E-state index in [-0.39, 0.29) is 37.6 Å². The van der Waals surface area contributed by atoms with Crippen molar-refractivity contribution >= 4 is 11.9 Å². The van der Waals surface area contributed by atoms with E-state index in [4.69, 9.17) is 29.4 Å². The van der Waals surface area contributed by atoms with Crippen molar-refractivity contribution in [1.29, 1.82) is 0 Å². The van der Waals surface area contributed by atoms with E-state index >= 15 is 0 Å². The van der Waals surface area contributed by atoms with Crippen LogP contribution in [0.1, 0.15) is 79.1 Å². The van der Waals surface area contributed by atoms with Gasteiger partial charge < -0.3 is 85.4 Å². The largest absolute Gasteiger partial charge is 0.462 e. The molecule has 20 heteroatoms. The number of nitrogens with zero attached hydrogens (tertiary/aromatic N) is 2. The summed E-state index contributed by atoms with van der Waals surface area (Å²) in [6, 6.07) is -0.863. The van der Waals surface area contributed by atoms with Crippen LogP contribution in [0, 0.1) is 17.8 Å². The van der Waals surface area contributed by atoms with Crippen LogP contribution in [0.2, 0.25) is 0 Å². The first-order valence-electron chi connectivity index (χ1n) is 26.2. The predicted octanol–water partition coefficient (Wildman–Crippen LogP) is 0.170. The van der Waals surface area contributed by atoms with E-state index < -0.39 is 147 Å². The second-order valence-corrected chi connectivity index (χ2v) is 20.8. The van der Waals surface area contributed by atoms with E-state index in [2.05, 4.69) is 4.90 Å². The molecule has 19 atom stereocenters. The fourth-order valence-electron chi connectivity index (χ4n) is 9.92. The van der Waals surface area contributed by atoms with Crippen LogP contribution in [0.25, 0.3) is 0 Å². The quantitative estimate of drug-likeness (QED) is 0.167. The normalized spacial score (nSPS) is 44.1. The number of esters is 1. The maximum absolute atomic E-state index is 14.5. The molecule has 5 aliphatic heterocycles. The lowest BCUT2D eigenvalue weighted by Crippen LogP contribution is -2.62. The zero-order valence-corrected chi connectivity index (χ0v) is 43.3. The Hall–Kier alpha value is -3.52. The number of aliphatic hydroxyl groups excluding tert-OH is 9. The first-order valence-corrected chi connectivity index (χ1v) is 26.2. The Labute approximate surface area is 435 Å². The third-order valence-electron chi connectivity index (χ3n) is 14.8. The number of hydrogen-bond donors (Lipinski definition) is 11. The topological polar surface area (TPSA) is 315 Å².